The number of aromatic nitrogens is 2. The minimum atomic E-state index is -0.227. The largest absolute Gasteiger partial charge is 0.462 e. The highest BCUT2D eigenvalue weighted by Crippen LogP contribution is 2.35. The van der Waals surface area contributed by atoms with E-state index in [2.05, 4.69) is 77.7 Å². The number of likely N-dealkylation sites (N-methyl/N-ethyl adjacent to an activating group) is 1. The first-order chi connectivity index (χ1) is 20.4. The van der Waals surface area contributed by atoms with Crippen molar-refractivity contribution in [3.63, 3.8) is 0 Å². The van der Waals surface area contributed by atoms with Crippen LogP contribution in [0.25, 0.3) is 10.8 Å². The van der Waals surface area contributed by atoms with Gasteiger partial charge >= 0.3 is 6.01 Å². The van der Waals surface area contributed by atoms with E-state index in [1.54, 1.807) is 4.90 Å². The number of aryl methyl sites for hydroxylation is 1. The zero-order chi connectivity index (χ0) is 29.2. The summed E-state index contributed by atoms with van der Waals surface area (Å²) in [5, 5.41) is 12.0. The first kappa shape index (κ1) is 28.0. The predicted molar refractivity (Wildman–Crippen MR) is 165 cm³/mol. The lowest BCUT2D eigenvalue weighted by molar-refractivity contribution is -0.128. The Labute approximate surface area is 248 Å². The van der Waals surface area contributed by atoms with Crippen molar-refractivity contribution in [3.05, 3.63) is 65.9 Å². The Hall–Kier alpha value is -4.16. The molecule has 9 nitrogen and oxygen atoms in total. The van der Waals surface area contributed by atoms with Crippen LogP contribution in [-0.4, -0.2) is 84.1 Å². The molecule has 2 fully saturated rings. The number of likely N-dealkylation sites (tertiary alicyclic amines) is 1. The van der Waals surface area contributed by atoms with Gasteiger partial charge in [0.25, 0.3) is 0 Å². The highest BCUT2D eigenvalue weighted by molar-refractivity contribution is 5.95. The molecule has 0 radical (unpaired) electrons. The molecule has 2 saturated heterocycles. The fourth-order valence-corrected chi connectivity index (χ4v) is 6.71. The predicted octanol–water partition coefficient (Wildman–Crippen LogP) is 4.09. The number of ether oxygens (including phenoxy) is 1. The van der Waals surface area contributed by atoms with Crippen molar-refractivity contribution in [1.82, 2.24) is 19.8 Å². The molecule has 4 heterocycles. The Morgan fingerprint density at radius 2 is 2.00 bits per heavy atom. The molecule has 1 unspecified atom stereocenters. The third-order valence-corrected chi connectivity index (χ3v) is 8.99. The van der Waals surface area contributed by atoms with E-state index in [4.69, 9.17) is 14.7 Å². The molecule has 3 aliphatic heterocycles. The van der Waals surface area contributed by atoms with Crippen LogP contribution in [-0.2, 0) is 17.8 Å². The summed E-state index contributed by atoms with van der Waals surface area (Å²) in [4.78, 5) is 31.3. The quantitative estimate of drug-likeness (QED) is 0.396. The minimum Gasteiger partial charge on any atom is -0.462 e. The summed E-state index contributed by atoms with van der Waals surface area (Å²) in [6.07, 6.45) is 4.68. The van der Waals surface area contributed by atoms with E-state index in [0.717, 1.165) is 43.0 Å². The average molecular weight is 566 g/mol. The maximum absolute atomic E-state index is 12.5. The summed E-state index contributed by atoms with van der Waals surface area (Å²) in [5.74, 6) is 0.738. The molecular weight excluding hydrogens is 526 g/mol. The number of hydrogen-bond donors (Lipinski definition) is 0. The molecule has 218 valence electrons. The number of piperazine rings is 1. The van der Waals surface area contributed by atoms with E-state index >= 15 is 0 Å². The summed E-state index contributed by atoms with van der Waals surface area (Å²) in [6.45, 7) is 10.6. The number of benzene rings is 2. The second kappa shape index (κ2) is 12.0. The molecule has 0 N–H and O–H groups in total. The topological polar surface area (TPSA) is 88.8 Å². The SMILES string of the molecule is C=CC(=O)N1CCN(c2nc(OC[C@H]3CCCN3C)nc3c2CCN(c2cc(C)cc4ccccc24)C3)CC1CC#N. The molecule has 1 amide bonds. The van der Waals surface area contributed by atoms with Gasteiger partial charge in [-0.25, -0.2) is 0 Å². The first-order valence-corrected chi connectivity index (χ1v) is 15.0. The maximum Gasteiger partial charge on any atom is 0.318 e. The van der Waals surface area contributed by atoms with Crippen molar-refractivity contribution in [1.29, 1.82) is 5.26 Å². The van der Waals surface area contributed by atoms with Gasteiger partial charge in [-0.15, -0.1) is 0 Å². The standard InChI is InChI=1S/C33H39N7O2/c1-4-31(41)40-17-16-39(20-25(40)11-13-34)32-28-12-15-38(30-19-23(2)18-24-8-5-6-10-27(24)30)21-29(28)35-33(36-32)42-22-26-9-7-14-37(26)3/h4-6,8,10,18-19,25-26H,1,7,9,11-12,14-17,20-22H2,2-3H3/t25?,26-/m1/s1. The summed E-state index contributed by atoms with van der Waals surface area (Å²) < 4.78 is 6.30. The van der Waals surface area contributed by atoms with E-state index in [1.165, 1.54) is 34.5 Å². The summed E-state index contributed by atoms with van der Waals surface area (Å²) in [7, 11) is 2.14. The number of anilines is 2. The van der Waals surface area contributed by atoms with Gasteiger partial charge in [0, 0.05) is 48.9 Å². The molecule has 1 aromatic heterocycles. The van der Waals surface area contributed by atoms with Crippen LogP contribution < -0.4 is 14.5 Å². The fraction of sp³-hybridized carbons (Fsp3) is 0.455. The third-order valence-electron chi connectivity index (χ3n) is 8.99. The van der Waals surface area contributed by atoms with E-state index in [-0.39, 0.29) is 18.4 Å². The Kier molecular flexibility index (Phi) is 7.98. The lowest BCUT2D eigenvalue weighted by Gasteiger charge is -2.42. The molecule has 0 aliphatic carbocycles. The monoisotopic (exact) mass is 565 g/mol. The number of rotatable bonds is 7. The second-order valence-corrected chi connectivity index (χ2v) is 11.7. The normalized spacial score (nSPS) is 20.8. The van der Waals surface area contributed by atoms with E-state index in [1.807, 2.05) is 0 Å². The van der Waals surface area contributed by atoms with Crippen LogP contribution in [0.5, 0.6) is 6.01 Å². The Bertz CT molecular complexity index is 1530. The smallest absolute Gasteiger partial charge is 0.318 e. The van der Waals surface area contributed by atoms with Crippen LogP contribution in [0.15, 0.2) is 49.1 Å². The Morgan fingerprint density at radius 1 is 1.14 bits per heavy atom. The molecule has 6 rings (SSSR count). The van der Waals surface area contributed by atoms with Crippen molar-refractivity contribution in [2.45, 2.75) is 51.2 Å². The van der Waals surface area contributed by atoms with Crippen LogP contribution in [0, 0.1) is 18.3 Å². The molecule has 2 atom stereocenters. The first-order valence-electron chi connectivity index (χ1n) is 15.0. The van der Waals surface area contributed by atoms with E-state index in [9.17, 15) is 10.1 Å². The van der Waals surface area contributed by atoms with Crippen molar-refractivity contribution in [2.24, 2.45) is 0 Å². The third kappa shape index (κ3) is 5.51. The zero-order valence-corrected chi connectivity index (χ0v) is 24.6. The Balaban J connectivity index is 1.34. The Morgan fingerprint density at radius 3 is 2.79 bits per heavy atom. The van der Waals surface area contributed by atoms with Gasteiger partial charge in [-0.05, 0) is 62.9 Å². The van der Waals surface area contributed by atoms with Gasteiger partial charge in [0.2, 0.25) is 5.91 Å². The molecule has 2 aromatic carbocycles. The lowest BCUT2D eigenvalue weighted by Crippen LogP contribution is -2.55. The maximum atomic E-state index is 12.5. The number of nitrogens with zero attached hydrogens (tertiary/aromatic N) is 7. The number of nitriles is 1. The van der Waals surface area contributed by atoms with Gasteiger partial charge in [0.05, 0.1) is 30.8 Å². The van der Waals surface area contributed by atoms with E-state index in [0.29, 0.717) is 44.8 Å². The highest BCUT2D eigenvalue weighted by atomic mass is 16.5. The van der Waals surface area contributed by atoms with E-state index < -0.39 is 0 Å². The summed E-state index contributed by atoms with van der Waals surface area (Å²) in [5.41, 5.74) is 4.57. The van der Waals surface area contributed by atoms with Gasteiger partial charge in [-0.1, -0.05) is 36.9 Å². The molecule has 42 heavy (non-hydrogen) atoms. The number of carbonyl (C=O) groups excluding carboxylic acids is 1. The molecule has 0 saturated carbocycles. The van der Waals surface area contributed by atoms with Crippen LogP contribution in [0.3, 0.4) is 0 Å². The number of fused-ring (bicyclic) bond motifs is 2. The van der Waals surface area contributed by atoms with Crippen molar-refractivity contribution >= 4 is 28.2 Å². The zero-order valence-electron chi connectivity index (χ0n) is 24.6. The minimum absolute atomic E-state index is 0.134. The van der Waals surface area contributed by atoms with Crippen LogP contribution in [0.1, 0.15) is 36.1 Å². The number of carbonyl (C=O) groups is 1. The van der Waals surface area contributed by atoms with Crippen LogP contribution in [0.4, 0.5) is 11.5 Å². The van der Waals surface area contributed by atoms with Crippen LogP contribution >= 0.6 is 0 Å². The highest BCUT2D eigenvalue weighted by Gasteiger charge is 2.33. The van der Waals surface area contributed by atoms with Crippen LogP contribution in [0.2, 0.25) is 0 Å². The molecule has 9 heteroatoms. The summed E-state index contributed by atoms with van der Waals surface area (Å²) >= 11 is 0. The molecule has 0 spiro atoms. The number of hydrogen-bond acceptors (Lipinski definition) is 8. The van der Waals surface area contributed by atoms with Crippen molar-refractivity contribution in [3.8, 4) is 12.1 Å². The fourth-order valence-electron chi connectivity index (χ4n) is 6.71. The van der Waals surface area contributed by atoms with Gasteiger partial charge in [-0.2, -0.15) is 15.2 Å². The molecule has 0 bridgehead atoms. The van der Waals surface area contributed by atoms with Gasteiger partial charge in [0.1, 0.15) is 12.4 Å². The van der Waals surface area contributed by atoms with Crippen molar-refractivity contribution < 1.29 is 9.53 Å². The average Bonchev–Trinajstić information content (AvgIpc) is 3.42. The molecule has 3 aliphatic rings. The molecule has 3 aromatic rings. The number of amides is 1. The van der Waals surface area contributed by atoms with Crippen molar-refractivity contribution in [2.75, 3.05) is 56.2 Å². The summed E-state index contributed by atoms with van der Waals surface area (Å²) in [6, 6.07) is 15.9. The lowest BCUT2D eigenvalue weighted by atomic mass is 10.00. The van der Waals surface area contributed by atoms with Gasteiger partial charge < -0.3 is 24.3 Å². The van der Waals surface area contributed by atoms with Gasteiger partial charge in [0.15, 0.2) is 0 Å². The van der Waals surface area contributed by atoms with Gasteiger partial charge in [-0.3, -0.25) is 4.79 Å². The second-order valence-electron chi connectivity index (χ2n) is 11.7. The molecular formula is C33H39N7O2.